The summed E-state index contributed by atoms with van der Waals surface area (Å²) in [5, 5.41) is 2.95. The van der Waals surface area contributed by atoms with Gasteiger partial charge < -0.3 is 14.9 Å². The Morgan fingerprint density at radius 2 is 2.35 bits per heavy atom. The quantitative estimate of drug-likeness (QED) is 0.833. The lowest BCUT2D eigenvalue weighted by atomic mass is 10.2. The fourth-order valence-electron chi connectivity index (χ4n) is 2.04. The summed E-state index contributed by atoms with van der Waals surface area (Å²) in [5.41, 5.74) is 2.86. The minimum absolute atomic E-state index is 0.0447. The summed E-state index contributed by atoms with van der Waals surface area (Å²) in [7, 11) is 0. The Morgan fingerprint density at radius 3 is 3.05 bits per heavy atom. The second-order valence-corrected chi connectivity index (χ2v) is 5.42. The molecular formula is C14H20N4OS. The van der Waals surface area contributed by atoms with E-state index in [9.17, 15) is 4.79 Å². The zero-order chi connectivity index (χ0) is 14.7. The molecule has 20 heavy (non-hydrogen) atoms. The molecule has 0 spiro atoms. The summed E-state index contributed by atoms with van der Waals surface area (Å²) in [4.78, 5) is 19.3. The predicted molar refractivity (Wildman–Crippen MR) is 82.2 cm³/mol. The number of imidazole rings is 1. The molecule has 1 amide bonds. The van der Waals surface area contributed by atoms with E-state index in [0.717, 1.165) is 23.1 Å². The number of carbonyl (C=O) groups is 1. The highest BCUT2D eigenvalue weighted by Gasteiger charge is 2.10. The van der Waals surface area contributed by atoms with Crippen LogP contribution in [0.2, 0.25) is 0 Å². The number of hydrogen-bond acceptors (Lipinski definition) is 3. The normalized spacial score (nSPS) is 12.6. The third-order valence-corrected chi connectivity index (χ3v) is 3.78. The molecule has 0 saturated carbocycles. The van der Waals surface area contributed by atoms with Gasteiger partial charge in [-0.15, -0.1) is 0 Å². The molecule has 0 aliphatic carbocycles. The van der Waals surface area contributed by atoms with E-state index in [2.05, 4.69) is 15.3 Å². The van der Waals surface area contributed by atoms with Gasteiger partial charge in [0, 0.05) is 25.2 Å². The lowest BCUT2D eigenvalue weighted by Gasteiger charge is -2.11. The Labute approximate surface area is 123 Å². The van der Waals surface area contributed by atoms with Crippen molar-refractivity contribution in [3.63, 3.8) is 0 Å². The third kappa shape index (κ3) is 3.07. The van der Waals surface area contributed by atoms with E-state index >= 15 is 0 Å². The van der Waals surface area contributed by atoms with Crippen molar-refractivity contribution in [1.82, 2.24) is 19.9 Å². The zero-order valence-electron chi connectivity index (χ0n) is 12.1. The van der Waals surface area contributed by atoms with Crippen molar-refractivity contribution in [2.45, 2.75) is 46.2 Å². The van der Waals surface area contributed by atoms with E-state index in [1.54, 1.807) is 6.20 Å². The van der Waals surface area contributed by atoms with E-state index in [0.29, 0.717) is 17.7 Å². The number of aryl methyl sites for hydroxylation is 2. The van der Waals surface area contributed by atoms with Crippen LogP contribution in [0, 0.1) is 11.7 Å². The van der Waals surface area contributed by atoms with Crippen LogP contribution in [0.25, 0.3) is 11.2 Å². The van der Waals surface area contributed by atoms with Crippen molar-refractivity contribution in [2.75, 3.05) is 0 Å². The summed E-state index contributed by atoms with van der Waals surface area (Å²) in [5.74, 6) is 0.0447. The van der Waals surface area contributed by atoms with Crippen LogP contribution in [-0.2, 0) is 11.3 Å². The van der Waals surface area contributed by atoms with Gasteiger partial charge in [-0.3, -0.25) is 4.79 Å². The molecule has 5 nitrogen and oxygen atoms in total. The van der Waals surface area contributed by atoms with E-state index in [1.807, 2.05) is 31.4 Å². The molecule has 0 radical (unpaired) electrons. The van der Waals surface area contributed by atoms with Gasteiger partial charge in [0.05, 0.1) is 5.52 Å². The summed E-state index contributed by atoms with van der Waals surface area (Å²) in [6.45, 7) is 6.60. The van der Waals surface area contributed by atoms with Crippen molar-refractivity contribution in [3.05, 3.63) is 22.6 Å². The van der Waals surface area contributed by atoms with Crippen molar-refractivity contribution in [1.29, 1.82) is 0 Å². The highest BCUT2D eigenvalue weighted by molar-refractivity contribution is 7.71. The minimum atomic E-state index is 0.0447. The zero-order valence-corrected chi connectivity index (χ0v) is 12.9. The summed E-state index contributed by atoms with van der Waals surface area (Å²) < 4.78 is 2.49. The van der Waals surface area contributed by atoms with Crippen LogP contribution in [0.3, 0.4) is 0 Å². The van der Waals surface area contributed by atoms with Gasteiger partial charge >= 0.3 is 0 Å². The monoisotopic (exact) mass is 292 g/mol. The topological polar surface area (TPSA) is 62.7 Å². The van der Waals surface area contributed by atoms with Gasteiger partial charge in [0.2, 0.25) is 5.91 Å². The first-order valence-corrected chi connectivity index (χ1v) is 7.27. The fourth-order valence-corrected chi connectivity index (χ4v) is 2.32. The molecule has 1 unspecified atom stereocenters. The fraction of sp³-hybridized carbons (Fsp3) is 0.500. The Morgan fingerprint density at radius 1 is 1.60 bits per heavy atom. The number of aromatic amines is 1. The molecule has 0 bridgehead atoms. The van der Waals surface area contributed by atoms with Crippen LogP contribution in [0.15, 0.2) is 12.3 Å². The molecule has 2 aromatic heterocycles. The van der Waals surface area contributed by atoms with Gasteiger partial charge in [0.15, 0.2) is 10.4 Å². The number of aromatic nitrogens is 3. The smallest absolute Gasteiger partial charge is 0.222 e. The van der Waals surface area contributed by atoms with E-state index in [-0.39, 0.29) is 11.9 Å². The second-order valence-electron chi connectivity index (χ2n) is 5.04. The van der Waals surface area contributed by atoms with Crippen LogP contribution in [-0.4, -0.2) is 26.5 Å². The number of amides is 1. The van der Waals surface area contributed by atoms with Gasteiger partial charge in [-0.05, 0) is 44.1 Å². The van der Waals surface area contributed by atoms with Crippen LogP contribution in [0.5, 0.6) is 0 Å². The largest absolute Gasteiger partial charge is 0.354 e. The molecule has 2 rings (SSSR count). The maximum atomic E-state index is 11.8. The summed E-state index contributed by atoms with van der Waals surface area (Å²) >= 11 is 5.31. The molecule has 0 fully saturated rings. The molecule has 108 valence electrons. The number of pyridine rings is 1. The second kappa shape index (κ2) is 6.17. The number of fused-ring (bicyclic) bond motifs is 1. The first-order chi connectivity index (χ1) is 9.52. The Bertz CT molecular complexity index is 673. The number of nitrogens with zero attached hydrogens (tertiary/aromatic N) is 2. The average molecular weight is 292 g/mol. The number of nitrogens with one attached hydrogen (secondary N) is 2. The highest BCUT2D eigenvalue weighted by Crippen LogP contribution is 2.15. The van der Waals surface area contributed by atoms with Gasteiger partial charge in [-0.1, -0.05) is 6.92 Å². The van der Waals surface area contributed by atoms with Crippen LogP contribution >= 0.6 is 12.2 Å². The van der Waals surface area contributed by atoms with Gasteiger partial charge in [0.1, 0.15) is 0 Å². The first kappa shape index (κ1) is 14.7. The lowest BCUT2D eigenvalue weighted by Crippen LogP contribution is -2.32. The van der Waals surface area contributed by atoms with Crippen LogP contribution in [0.4, 0.5) is 0 Å². The van der Waals surface area contributed by atoms with Crippen LogP contribution < -0.4 is 5.32 Å². The van der Waals surface area contributed by atoms with Gasteiger partial charge in [-0.2, -0.15) is 0 Å². The number of carbonyl (C=O) groups excluding carboxylic acids is 1. The molecule has 0 aromatic carbocycles. The Kier molecular flexibility index (Phi) is 4.54. The predicted octanol–water partition coefficient (Wildman–Crippen LogP) is 2.71. The molecular weight excluding hydrogens is 272 g/mol. The van der Waals surface area contributed by atoms with Crippen molar-refractivity contribution < 1.29 is 4.79 Å². The molecule has 6 heteroatoms. The third-order valence-electron chi connectivity index (χ3n) is 3.45. The number of rotatable bonds is 5. The van der Waals surface area contributed by atoms with Crippen LogP contribution in [0.1, 0.15) is 32.3 Å². The first-order valence-electron chi connectivity index (χ1n) is 6.86. The molecule has 0 aliphatic heterocycles. The SMILES string of the molecule is CCC(C)NC(=O)CCn1c(=S)[nH]c2c(C)ccnc21. The van der Waals surface area contributed by atoms with E-state index in [1.165, 1.54) is 0 Å². The molecule has 2 heterocycles. The highest BCUT2D eigenvalue weighted by atomic mass is 32.1. The maximum Gasteiger partial charge on any atom is 0.222 e. The molecule has 0 aliphatic rings. The minimum Gasteiger partial charge on any atom is -0.354 e. The van der Waals surface area contributed by atoms with Gasteiger partial charge in [-0.25, -0.2) is 4.98 Å². The van der Waals surface area contributed by atoms with Crippen molar-refractivity contribution in [2.24, 2.45) is 0 Å². The molecule has 1 atom stereocenters. The number of hydrogen-bond donors (Lipinski definition) is 2. The summed E-state index contributed by atoms with van der Waals surface area (Å²) in [6, 6.07) is 2.15. The average Bonchev–Trinajstić information content (AvgIpc) is 2.74. The van der Waals surface area contributed by atoms with Crippen molar-refractivity contribution in [3.8, 4) is 0 Å². The molecule has 2 N–H and O–H groups in total. The summed E-state index contributed by atoms with van der Waals surface area (Å²) in [6.07, 6.45) is 3.09. The lowest BCUT2D eigenvalue weighted by molar-refractivity contribution is -0.121. The van der Waals surface area contributed by atoms with E-state index in [4.69, 9.17) is 12.2 Å². The molecule has 2 aromatic rings. The maximum absolute atomic E-state index is 11.8. The number of H-pyrrole nitrogens is 1. The van der Waals surface area contributed by atoms with Gasteiger partial charge in [0.25, 0.3) is 0 Å². The standard InChI is InChI=1S/C14H20N4OS/c1-4-10(3)16-11(19)6-8-18-13-12(17-14(18)20)9(2)5-7-15-13/h5,7,10H,4,6,8H2,1-3H3,(H,16,19)(H,17,20). The van der Waals surface area contributed by atoms with Crippen molar-refractivity contribution >= 4 is 29.3 Å². The Balaban J connectivity index is 2.14. The Hall–Kier alpha value is -1.69. The van der Waals surface area contributed by atoms with E-state index < -0.39 is 0 Å². The molecule has 0 saturated heterocycles.